The summed E-state index contributed by atoms with van der Waals surface area (Å²) < 4.78 is 34.7. The zero-order valence-electron chi connectivity index (χ0n) is 14.2. The first-order chi connectivity index (χ1) is 12.9. The highest BCUT2D eigenvalue weighted by atomic mass is 32.2. The quantitative estimate of drug-likeness (QED) is 0.693. The SMILES string of the molecule is Cc1nc2cc(OCc3nc(C(=O)N[C@H]4C=CS(=O)(=O)C4)co3)ccc2s1. The highest BCUT2D eigenvalue weighted by molar-refractivity contribution is 7.94. The van der Waals surface area contributed by atoms with Gasteiger partial charge in [0.1, 0.15) is 12.0 Å². The Morgan fingerprint density at radius 2 is 2.26 bits per heavy atom. The van der Waals surface area contributed by atoms with Crippen LogP contribution in [0.5, 0.6) is 5.75 Å². The number of oxazole rings is 1. The third-order valence-corrected chi connectivity index (χ3v) is 6.21. The fourth-order valence-corrected chi connectivity index (χ4v) is 4.69. The second-order valence-electron chi connectivity index (χ2n) is 6.02. The summed E-state index contributed by atoms with van der Waals surface area (Å²) in [7, 11) is -3.24. The van der Waals surface area contributed by atoms with Crippen LogP contribution in [0.3, 0.4) is 0 Å². The first-order valence-electron chi connectivity index (χ1n) is 8.04. The molecule has 1 aliphatic rings. The number of carbonyl (C=O) groups excluding carboxylic acids is 1. The maximum atomic E-state index is 12.1. The Labute approximate surface area is 158 Å². The Hall–Kier alpha value is -2.72. The van der Waals surface area contributed by atoms with E-state index in [4.69, 9.17) is 9.15 Å². The van der Waals surface area contributed by atoms with Crippen molar-refractivity contribution in [3.63, 3.8) is 0 Å². The number of benzene rings is 1. The van der Waals surface area contributed by atoms with Gasteiger partial charge < -0.3 is 14.5 Å². The lowest BCUT2D eigenvalue weighted by Crippen LogP contribution is -2.35. The molecule has 2 aromatic heterocycles. The highest BCUT2D eigenvalue weighted by Gasteiger charge is 2.24. The van der Waals surface area contributed by atoms with E-state index in [9.17, 15) is 13.2 Å². The number of sulfone groups is 1. The fraction of sp³-hybridized carbons (Fsp3) is 0.235. The Kier molecular flexibility index (Phi) is 4.44. The van der Waals surface area contributed by atoms with Gasteiger partial charge in [0.25, 0.3) is 5.91 Å². The molecular formula is C17H15N3O5S2. The van der Waals surface area contributed by atoms with Gasteiger partial charge in [0, 0.05) is 11.5 Å². The molecule has 1 aromatic carbocycles. The minimum absolute atomic E-state index is 0.0552. The standard InChI is InChI=1S/C17H15N3O5S2/c1-10-18-13-6-12(2-3-15(13)26-10)24-8-16-20-14(7-25-16)17(21)19-11-4-5-27(22,23)9-11/h2-7,11H,8-9H2,1H3,(H,19,21)/t11-/m0/s1. The average molecular weight is 405 g/mol. The molecule has 0 saturated carbocycles. The molecule has 1 amide bonds. The van der Waals surface area contributed by atoms with E-state index < -0.39 is 21.8 Å². The van der Waals surface area contributed by atoms with E-state index in [-0.39, 0.29) is 23.9 Å². The Bertz CT molecular complexity index is 1150. The van der Waals surface area contributed by atoms with Crippen LogP contribution in [0.1, 0.15) is 21.4 Å². The van der Waals surface area contributed by atoms with Crippen LogP contribution in [0, 0.1) is 6.92 Å². The van der Waals surface area contributed by atoms with Gasteiger partial charge in [-0.2, -0.15) is 0 Å². The number of hydrogen-bond acceptors (Lipinski definition) is 8. The van der Waals surface area contributed by atoms with Crippen LogP contribution in [0.25, 0.3) is 10.2 Å². The number of ether oxygens (including phenoxy) is 1. The molecule has 0 bridgehead atoms. The number of rotatable bonds is 5. The number of hydrogen-bond donors (Lipinski definition) is 1. The predicted octanol–water partition coefficient (Wildman–Crippen LogP) is 2.21. The molecule has 10 heteroatoms. The van der Waals surface area contributed by atoms with Gasteiger partial charge in [0.15, 0.2) is 22.1 Å². The highest BCUT2D eigenvalue weighted by Crippen LogP contribution is 2.26. The van der Waals surface area contributed by atoms with E-state index in [1.165, 1.54) is 12.3 Å². The number of thiazole rings is 1. The summed E-state index contributed by atoms with van der Waals surface area (Å²) in [4.78, 5) is 20.6. The van der Waals surface area contributed by atoms with Gasteiger partial charge in [0.2, 0.25) is 5.89 Å². The van der Waals surface area contributed by atoms with Crippen LogP contribution in [-0.4, -0.2) is 36.1 Å². The van der Waals surface area contributed by atoms with E-state index >= 15 is 0 Å². The molecule has 0 fully saturated rings. The van der Waals surface area contributed by atoms with Crippen molar-refractivity contribution >= 4 is 37.3 Å². The first-order valence-corrected chi connectivity index (χ1v) is 10.6. The van der Waals surface area contributed by atoms with E-state index in [2.05, 4.69) is 15.3 Å². The van der Waals surface area contributed by atoms with E-state index in [0.29, 0.717) is 5.75 Å². The Morgan fingerprint density at radius 3 is 3.04 bits per heavy atom. The number of amides is 1. The zero-order chi connectivity index (χ0) is 19.0. The molecule has 1 aliphatic heterocycles. The molecule has 0 saturated heterocycles. The summed E-state index contributed by atoms with van der Waals surface area (Å²) in [5.74, 6) is 0.212. The summed E-state index contributed by atoms with van der Waals surface area (Å²) in [5.41, 5.74) is 0.930. The normalized spacial score (nSPS) is 18.0. The molecule has 0 radical (unpaired) electrons. The van der Waals surface area contributed by atoms with Crippen molar-refractivity contribution in [1.29, 1.82) is 0 Å². The van der Waals surface area contributed by atoms with Crippen molar-refractivity contribution in [1.82, 2.24) is 15.3 Å². The molecule has 0 spiro atoms. The van der Waals surface area contributed by atoms with Crippen LogP contribution in [0.4, 0.5) is 0 Å². The van der Waals surface area contributed by atoms with E-state index in [0.717, 1.165) is 20.6 Å². The molecule has 140 valence electrons. The number of aromatic nitrogens is 2. The van der Waals surface area contributed by atoms with Gasteiger partial charge >= 0.3 is 0 Å². The minimum Gasteiger partial charge on any atom is -0.484 e. The van der Waals surface area contributed by atoms with Crippen LogP contribution in [0.2, 0.25) is 0 Å². The Balaban J connectivity index is 1.37. The van der Waals surface area contributed by atoms with Gasteiger partial charge in [0.05, 0.1) is 27.0 Å². The smallest absolute Gasteiger partial charge is 0.273 e. The second kappa shape index (κ2) is 6.78. The molecule has 4 rings (SSSR count). The molecule has 8 nitrogen and oxygen atoms in total. The molecule has 3 heterocycles. The van der Waals surface area contributed by atoms with Crippen LogP contribution in [0.15, 0.2) is 40.4 Å². The zero-order valence-corrected chi connectivity index (χ0v) is 15.8. The van der Waals surface area contributed by atoms with Crippen molar-refractivity contribution in [2.45, 2.75) is 19.6 Å². The molecule has 1 atom stereocenters. The fourth-order valence-electron chi connectivity index (χ4n) is 2.65. The summed E-state index contributed by atoms with van der Waals surface area (Å²) in [6, 6.07) is 5.05. The molecular weight excluding hydrogens is 390 g/mol. The second-order valence-corrected chi connectivity index (χ2v) is 9.18. The van der Waals surface area contributed by atoms with Crippen LogP contribution in [-0.2, 0) is 16.4 Å². The van der Waals surface area contributed by atoms with Crippen molar-refractivity contribution in [3.05, 3.63) is 52.5 Å². The van der Waals surface area contributed by atoms with Crippen LogP contribution < -0.4 is 10.1 Å². The number of nitrogens with one attached hydrogen (secondary N) is 1. The third kappa shape index (κ3) is 4.01. The monoisotopic (exact) mass is 405 g/mol. The molecule has 0 unspecified atom stereocenters. The van der Waals surface area contributed by atoms with Gasteiger partial charge in [-0.25, -0.2) is 18.4 Å². The Morgan fingerprint density at radius 1 is 1.41 bits per heavy atom. The van der Waals surface area contributed by atoms with Crippen molar-refractivity contribution in [2.24, 2.45) is 0 Å². The summed E-state index contributed by atoms with van der Waals surface area (Å²) in [6.07, 6.45) is 2.65. The van der Waals surface area contributed by atoms with E-state index in [1.807, 2.05) is 25.1 Å². The van der Waals surface area contributed by atoms with Gasteiger partial charge in [-0.1, -0.05) is 0 Å². The van der Waals surface area contributed by atoms with Gasteiger partial charge in [-0.15, -0.1) is 11.3 Å². The minimum atomic E-state index is -3.24. The predicted molar refractivity (Wildman–Crippen MR) is 99.4 cm³/mol. The van der Waals surface area contributed by atoms with Crippen molar-refractivity contribution in [2.75, 3.05) is 5.75 Å². The van der Waals surface area contributed by atoms with Crippen molar-refractivity contribution < 1.29 is 22.4 Å². The molecule has 1 N–H and O–H groups in total. The van der Waals surface area contributed by atoms with Crippen LogP contribution >= 0.6 is 11.3 Å². The largest absolute Gasteiger partial charge is 0.484 e. The average Bonchev–Trinajstić information content (AvgIpc) is 3.30. The van der Waals surface area contributed by atoms with Crippen molar-refractivity contribution in [3.8, 4) is 5.75 Å². The van der Waals surface area contributed by atoms with Gasteiger partial charge in [-0.05, 0) is 25.1 Å². The maximum Gasteiger partial charge on any atom is 0.273 e. The molecule has 3 aromatic rings. The number of aryl methyl sites for hydroxylation is 1. The summed E-state index contributed by atoms with van der Waals surface area (Å²) in [6.45, 7) is 2.00. The number of carbonyl (C=O) groups is 1. The molecule has 0 aliphatic carbocycles. The maximum absolute atomic E-state index is 12.1. The lowest BCUT2D eigenvalue weighted by molar-refractivity contribution is 0.0942. The summed E-state index contributed by atoms with van der Waals surface area (Å²) in [5, 5.41) is 4.66. The first kappa shape index (κ1) is 17.7. The number of fused-ring (bicyclic) bond motifs is 1. The lowest BCUT2D eigenvalue weighted by atomic mass is 10.3. The molecule has 27 heavy (non-hydrogen) atoms. The van der Waals surface area contributed by atoms with E-state index in [1.54, 1.807) is 11.3 Å². The van der Waals surface area contributed by atoms with Gasteiger partial charge in [-0.3, -0.25) is 4.79 Å². The summed E-state index contributed by atoms with van der Waals surface area (Å²) >= 11 is 1.61. The third-order valence-electron chi connectivity index (χ3n) is 3.86. The topological polar surface area (TPSA) is 111 Å². The number of nitrogens with zero attached hydrogens (tertiary/aromatic N) is 2. The lowest BCUT2D eigenvalue weighted by Gasteiger charge is -2.07.